The molecule has 2 rings (SSSR count). The zero-order chi connectivity index (χ0) is 11.1. The third kappa shape index (κ3) is 1.72. The summed E-state index contributed by atoms with van der Waals surface area (Å²) in [6.07, 6.45) is 3.55. The number of hydrogen-bond donors (Lipinski definition) is 0. The van der Waals surface area contributed by atoms with Gasteiger partial charge in [0, 0.05) is 11.7 Å². The molecule has 0 bridgehead atoms. The number of nitrogens with zero attached hydrogens (tertiary/aromatic N) is 3. The van der Waals surface area contributed by atoms with Gasteiger partial charge >= 0.3 is 0 Å². The van der Waals surface area contributed by atoms with Crippen molar-refractivity contribution < 1.29 is 0 Å². The van der Waals surface area contributed by atoms with Crippen molar-refractivity contribution in [2.24, 2.45) is 0 Å². The maximum Gasteiger partial charge on any atom is 0.125 e. The summed E-state index contributed by atoms with van der Waals surface area (Å²) in [5, 5.41) is 0. The van der Waals surface area contributed by atoms with E-state index in [1.807, 2.05) is 6.07 Å². The summed E-state index contributed by atoms with van der Waals surface area (Å²) in [6.45, 7) is 6.43. The number of alkyl halides is 1. The van der Waals surface area contributed by atoms with E-state index in [2.05, 4.69) is 35.3 Å². The van der Waals surface area contributed by atoms with Crippen LogP contribution in [-0.4, -0.2) is 14.5 Å². The Hall–Kier alpha value is -1.09. The van der Waals surface area contributed by atoms with Crippen LogP contribution in [0.2, 0.25) is 0 Å². The Balaban J connectivity index is 2.79. The van der Waals surface area contributed by atoms with Gasteiger partial charge in [-0.25, -0.2) is 4.98 Å². The van der Waals surface area contributed by atoms with Crippen molar-refractivity contribution in [1.82, 2.24) is 14.5 Å². The molecule has 0 aliphatic rings. The topological polar surface area (TPSA) is 30.7 Å². The first kappa shape index (κ1) is 10.4. The van der Waals surface area contributed by atoms with Crippen molar-refractivity contribution in [2.45, 2.75) is 32.2 Å². The largest absolute Gasteiger partial charge is 0.321 e. The van der Waals surface area contributed by atoms with Gasteiger partial charge in [-0.2, -0.15) is 0 Å². The van der Waals surface area contributed by atoms with Crippen LogP contribution >= 0.6 is 11.6 Å². The molecule has 0 unspecified atom stereocenters. The lowest BCUT2D eigenvalue weighted by Gasteiger charge is -2.24. The lowest BCUT2D eigenvalue weighted by molar-refractivity contribution is 0.398. The van der Waals surface area contributed by atoms with Crippen molar-refractivity contribution >= 4 is 22.6 Å². The molecule has 0 fully saturated rings. The normalized spacial score (nSPS) is 12.3. The van der Waals surface area contributed by atoms with Gasteiger partial charge in [-0.3, -0.25) is 4.98 Å². The Labute approximate surface area is 94.1 Å². The highest BCUT2D eigenvalue weighted by atomic mass is 35.5. The molecule has 0 saturated heterocycles. The van der Waals surface area contributed by atoms with E-state index in [9.17, 15) is 0 Å². The molecule has 0 aromatic carbocycles. The van der Waals surface area contributed by atoms with Crippen LogP contribution in [0.1, 0.15) is 26.6 Å². The van der Waals surface area contributed by atoms with Crippen LogP contribution in [0.3, 0.4) is 0 Å². The quantitative estimate of drug-likeness (QED) is 0.696. The average Bonchev–Trinajstić information content (AvgIpc) is 2.54. The Bertz CT molecular complexity index is 482. The fraction of sp³-hybridized carbons (Fsp3) is 0.455. The SMILES string of the molecule is CC(C)(C)n1c(CCl)nc2cnccc21. The zero-order valence-electron chi connectivity index (χ0n) is 9.16. The maximum atomic E-state index is 5.91. The van der Waals surface area contributed by atoms with Gasteiger partial charge in [0.2, 0.25) is 0 Å². The predicted octanol–water partition coefficient (Wildman–Crippen LogP) is 2.93. The van der Waals surface area contributed by atoms with Gasteiger partial charge < -0.3 is 4.57 Å². The number of aromatic nitrogens is 3. The van der Waals surface area contributed by atoms with Crippen molar-refractivity contribution in [2.75, 3.05) is 0 Å². The Kier molecular flexibility index (Phi) is 2.43. The fourth-order valence-corrected chi connectivity index (χ4v) is 2.00. The molecule has 80 valence electrons. The highest BCUT2D eigenvalue weighted by Crippen LogP contribution is 2.25. The zero-order valence-corrected chi connectivity index (χ0v) is 9.91. The predicted molar refractivity (Wildman–Crippen MR) is 62.1 cm³/mol. The average molecular weight is 224 g/mol. The minimum absolute atomic E-state index is 0.0136. The number of rotatable bonds is 1. The monoisotopic (exact) mass is 223 g/mol. The highest BCUT2D eigenvalue weighted by molar-refractivity contribution is 6.16. The van der Waals surface area contributed by atoms with Crippen molar-refractivity contribution in [3.8, 4) is 0 Å². The number of imidazole rings is 1. The molecule has 0 radical (unpaired) electrons. The maximum absolute atomic E-state index is 5.91. The number of hydrogen-bond acceptors (Lipinski definition) is 2. The molecule has 0 atom stereocenters. The van der Waals surface area contributed by atoms with Crippen molar-refractivity contribution in [1.29, 1.82) is 0 Å². The van der Waals surface area contributed by atoms with Gasteiger partial charge in [-0.05, 0) is 26.8 Å². The molecule has 0 spiro atoms. The number of fused-ring (bicyclic) bond motifs is 1. The standard InChI is InChI=1S/C11H14ClN3/c1-11(2,3)15-9-4-5-13-7-8(9)14-10(15)6-12/h4-5,7H,6H2,1-3H3. The lowest BCUT2D eigenvalue weighted by Crippen LogP contribution is -2.23. The van der Waals surface area contributed by atoms with E-state index in [1.165, 1.54) is 0 Å². The number of pyridine rings is 1. The molecule has 0 aliphatic heterocycles. The van der Waals surface area contributed by atoms with Crippen molar-refractivity contribution in [3.05, 3.63) is 24.3 Å². The van der Waals surface area contributed by atoms with E-state index in [1.54, 1.807) is 12.4 Å². The molecule has 0 aliphatic carbocycles. The molecular formula is C11H14ClN3. The summed E-state index contributed by atoms with van der Waals surface area (Å²) < 4.78 is 2.16. The number of halogens is 1. The summed E-state index contributed by atoms with van der Waals surface area (Å²) >= 11 is 5.91. The van der Waals surface area contributed by atoms with Crippen LogP contribution in [0.15, 0.2) is 18.5 Å². The first-order valence-electron chi connectivity index (χ1n) is 4.92. The Morgan fingerprint density at radius 1 is 1.40 bits per heavy atom. The smallest absolute Gasteiger partial charge is 0.125 e. The molecule has 0 saturated carbocycles. The molecule has 15 heavy (non-hydrogen) atoms. The van der Waals surface area contributed by atoms with Crippen molar-refractivity contribution in [3.63, 3.8) is 0 Å². The summed E-state index contributed by atoms with van der Waals surface area (Å²) in [5.41, 5.74) is 1.98. The summed E-state index contributed by atoms with van der Waals surface area (Å²) in [4.78, 5) is 8.53. The molecule has 0 amide bonds. The van der Waals surface area contributed by atoms with Gasteiger partial charge in [0.15, 0.2) is 0 Å². The minimum Gasteiger partial charge on any atom is -0.321 e. The van der Waals surface area contributed by atoms with E-state index in [0.717, 1.165) is 16.9 Å². The molecular weight excluding hydrogens is 210 g/mol. The highest BCUT2D eigenvalue weighted by Gasteiger charge is 2.20. The van der Waals surface area contributed by atoms with Gasteiger partial charge in [-0.1, -0.05) is 0 Å². The second-order valence-electron chi connectivity index (χ2n) is 4.53. The Morgan fingerprint density at radius 3 is 2.73 bits per heavy atom. The minimum atomic E-state index is -0.0136. The van der Waals surface area contributed by atoms with Crippen LogP contribution in [0, 0.1) is 0 Å². The molecule has 2 aromatic rings. The fourth-order valence-electron chi connectivity index (χ4n) is 1.82. The molecule has 3 nitrogen and oxygen atoms in total. The third-order valence-corrected chi connectivity index (χ3v) is 2.56. The van der Waals surface area contributed by atoms with Gasteiger partial charge in [0.1, 0.15) is 11.3 Å². The van der Waals surface area contributed by atoms with E-state index < -0.39 is 0 Å². The first-order chi connectivity index (χ1) is 7.04. The molecule has 2 heterocycles. The second-order valence-corrected chi connectivity index (χ2v) is 4.80. The van der Waals surface area contributed by atoms with Crippen LogP contribution in [0.5, 0.6) is 0 Å². The lowest BCUT2D eigenvalue weighted by atomic mass is 10.1. The van der Waals surface area contributed by atoms with E-state index in [-0.39, 0.29) is 5.54 Å². The summed E-state index contributed by atoms with van der Waals surface area (Å²) in [5.74, 6) is 1.32. The van der Waals surface area contributed by atoms with Gasteiger partial charge in [-0.15, -0.1) is 11.6 Å². The Morgan fingerprint density at radius 2 is 2.13 bits per heavy atom. The molecule has 0 N–H and O–H groups in total. The van der Waals surface area contributed by atoms with E-state index in [4.69, 9.17) is 11.6 Å². The molecule has 2 aromatic heterocycles. The van der Waals surface area contributed by atoms with Crippen LogP contribution < -0.4 is 0 Å². The van der Waals surface area contributed by atoms with Gasteiger partial charge in [0.25, 0.3) is 0 Å². The van der Waals surface area contributed by atoms with Gasteiger partial charge in [0.05, 0.1) is 17.6 Å². The first-order valence-corrected chi connectivity index (χ1v) is 5.45. The summed E-state index contributed by atoms with van der Waals surface area (Å²) in [6, 6.07) is 1.98. The van der Waals surface area contributed by atoms with E-state index in [0.29, 0.717) is 5.88 Å². The van der Waals surface area contributed by atoms with Crippen LogP contribution in [0.4, 0.5) is 0 Å². The van der Waals surface area contributed by atoms with Crippen LogP contribution in [0.25, 0.3) is 11.0 Å². The van der Waals surface area contributed by atoms with E-state index >= 15 is 0 Å². The van der Waals surface area contributed by atoms with Crippen LogP contribution in [-0.2, 0) is 11.4 Å². The third-order valence-electron chi connectivity index (χ3n) is 2.32. The summed E-state index contributed by atoms with van der Waals surface area (Å²) in [7, 11) is 0. The second kappa shape index (κ2) is 3.49. The molecule has 4 heteroatoms.